The smallest absolute Gasteiger partial charge is 0.270 e. The van der Waals surface area contributed by atoms with Crippen LogP contribution in [0.3, 0.4) is 0 Å². The number of rotatable bonds is 6. The lowest BCUT2D eigenvalue weighted by atomic mass is 10.1. The maximum Gasteiger partial charge on any atom is 0.270 e. The Bertz CT molecular complexity index is 1210. The van der Waals surface area contributed by atoms with Crippen molar-refractivity contribution < 1.29 is 14.3 Å². The van der Waals surface area contributed by atoms with Crippen molar-refractivity contribution in [2.45, 2.75) is 13.5 Å². The van der Waals surface area contributed by atoms with E-state index in [4.69, 9.17) is 33.3 Å². The Kier molecular flexibility index (Phi) is 6.84. The maximum absolute atomic E-state index is 13.0. The third-order valence-corrected chi connectivity index (χ3v) is 6.57. The molecule has 0 bridgehead atoms. The van der Waals surface area contributed by atoms with Gasteiger partial charge in [-0.3, -0.25) is 9.69 Å². The van der Waals surface area contributed by atoms with Gasteiger partial charge in [0.1, 0.15) is 6.61 Å². The normalized spacial score (nSPS) is 14.8. The van der Waals surface area contributed by atoms with Crippen LogP contribution in [0.25, 0.3) is 6.08 Å². The maximum atomic E-state index is 13.0. The van der Waals surface area contributed by atoms with Crippen LogP contribution in [0.4, 0.5) is 5.69 Å². The molecule has 1 aliphatic rings. The van der Waals surface area contributed by atoms with Crippen molar-refractivity contribution in [1.29, 1.82) is 0 Å². The number of hydrogen-bond donors (Lipinski definition) is 0. The zero-order chi connectivity index (χ0) is 22.7. The number of amides is 1. The number of aryl methyl sites for hydroxylation is 1. The summed E-state index contributed by atoms with van der Waals surface area (Å²) in [5.74, 6) is 0.795. The summed E-state index contributed by atoms with van der Waals surface area (Å²) in [4.78, 5) is 15.0. The minimum atomic E-state index is -0.166. The molecule has 0 unspecified atom stereocenters. The van der Waals surface area contributed by atoms with E-state index in [1.165, 1.54) is 16.7 Å². The summed E-state index contributed by atoms with van der Waals surface area (Å²) >= 11 is 13.2. The number of benzene rings is 3. The lowest BCUT2D eigenvalue weighted by Gasteiger charge is -2.15. The molecule has 0 aromatic heterocycles. The molecule has 0 spiro atoms. The molecule has 0 atom stereocenters. The van der Waals surface area contributed by atoms with E-state index in [0.29, 0.717) is 32.4 Å². The molecule has 3 aromatic carbocycles. The highest BCUT2D eigenvalue weighted by Crippen LogP contribution is 2.40. The number of carbonyl (C=O) groups excluding carboxylic acids is 1. The van der Waals surface area contributed by atoms with Crippen molar-refractivity contribution in [1.82, 2.24) is 0 Å². The predicted molar refractivity (Wildman–Crippen MR) is 136 cm³/mol. The van der Waals surface area contributed by atoms with Crippen molar-refractivity contribution in [3.8, 4) is 11.5 Å². The lowest BCUT2D eigenvalue weighted by Crippen LogP contribution is -2.27. The molecule has 4 nitrogen and oxygen atoms in total. The minimum absolute atomic E-state index is 0.166. The third kappa shape index (κ3) is 4.67. The number of hydrogen-bond acceptors (Lipinski definition) is 5. The van der Waals surface area contributed by atoms with Gasteiger partial charge in [-0.2, -0.15) is 0 Å². The van der Waals surface area contributed by atoms with E-state index < -0.39 is 0 Å². The number of thiocarbonyl (C=S) groups is 1. The van der Waals surface area contributed by atoms with Crippen LogP contribution in [0, 0.1) is 6.92 Å². The third-order valence-electron chi connectivity index (χ3n) is 4.99. The van der Waals surface area contributed by atoms with Gasteiger partial charge in [-0.1, -0.05) is 78.0 Å². The van der Waals surface area contributed by atoms with E-state index in [1.807, 2.05) is 61.5 Å². The zero-order valence-corrected chi connectivity index (χ0v) is 19.9. The fraction of sp³-hybridized carbons (Fsp3) is 0.120. The average Bonchev–Trinajstić information content (AvgIpc) is 3.07. The molecule has 0 aliphatic carbocycles. The molecule has 0 radical (unpaired) electrons. The number of anilines is 1. The standard InChI is InChI=1S/C25H20ClNO3S2/c1-16-8-6-7-9-18(16)15-30-23-20(26)12-17(13-21(23)29-2)14-22-24(28)27(25(31)32-22)19-10-4-3-5-11-19/h3-14H,15H2,1-2H3/b22-14+. The number of ether oxygens (including phenoxy) is 2. The van der Waals surface area contributed by atoms with Gasteiger partial charge in [0, 0.05) is 0 Å². The summed E-state index contributed by atoms with van der Waals surface area (Å²) in [6, 6.07) is 20.9. The second-order valence-electron chi connectivity index (χ2n) is 7.10. The molecular weight excluding hydrogens is 462 g/mol. The average molecular weight is 482 g/mol. The molecule has 0 saturated carbocycles. The summed E-state index contributed by atoms with van der Waals surface area (Å²) in [7, 11) is 1.56. The van der Waals surface area contributed by atoms with Gasteiger partial charge in [0.05, 0.1) is 22.7 Å². The fourth-order valence-corrected chi connectivity index (χ4v) is 4.88. The van der Waals surface area contributed by atoms with Crippen LogP contribution >= 0.6 is 35.6 Å². The topological polar surface area (TPSA) is 38.8 Å². The molecule has 7 heteroatoms. The van der Waals surface area contributed by atoms with Gasteiger partial charge < -0.3 is 9.47 Å². The molecule has 3 aromatic rings. The van der Waals surface area contributed by atoms with Gasteiger partial charge in [0.25, 0.3) is 5.91 Å². The van der Waals surface area contributed by atoms with E-state index in [0.717, 1.165) is 22.4 Å². The van der Waals surface area contributed by atoms with Crippen molar-refractivity contribution in [3.05, 3.63) is 93.3 Å². The molecule has 1 fully saturated rings. The number of nitrogens with zero attached hydrogens (tertiary/aromatic N) is 1. The highest BCUT2D eigenvalue weighted by atomic mass is 35.5. The van der Waals surface area contributed by atoms with Gasteiger partial charge in [-0.05, 0) is 54.0 Å². The van der Waals surface area contributed by atoms with Crippen LogP contribution in [-0.2, 0) is 11.4 Å². The fourth-order valence-electron chi connectivity index (χ4n) is 3.30. The van der Waals surface area contributed by atoms with Crippen molar-refractivity contribution >= 4 is 57.6 Å². The summed E-state index contributed by atoms with van der Waals surface area (Å²) in [5.41, 5.74) is 3.68. The molecule has 4 rings (SSSR count). The summed E-state index contributed by atoms with van der Waals surface area (Å²) in [5, 5.41) is 0.405. The Hall–Kier alpha value is -2.80. The first-order valence-corrected chi connectivity index (χ1v) is 11.5. The van der Waals surface area contributed by atoms with E-state index in [1.54, 1.807) is 25.3 Å². The van der Waals surface area contributed by atoms with Crippen molar-refractivity contribution in [3.63, 3.8) is 0 Å². The van der Waals surface area contributed by atoms with Gasteiger partial charge in [-0.15, -0.1) is 0 Å². The number of carbonyl (C=O) groups is 1. The zero-order valence-electron chi connectivity index (χ0n) is 17.5. The molecule has 1 amide bonds. The van der Waals surface area contributed by atoms with Crippen LogP contribution in [0.1, 0.15) is 16.7 Å². The van der Waals surface area contributed by atoms with Crippen molar-refractivity contribution in [2.24, 2.45) is 0 Å². The lowest BCUT2D eigenvalue weighted by molar-refractivity contribution is -0.113. The van der Waals surface area contributed by atoms with E-state index in [2.05, 4.69) is 0 Å². The van der Waals surface area contributed by atoms with Crippen LogP contribution in [0.2, 0.25) is 5.02 Å². The predicted octanol–water partition coefficient (Wildman–Crippen LogP) is 6.64. The van der Waals surface area contributed by atoms with E-state index >= 15 is 0 Å². The molecule has 32 heavy (non-hydrogen) atoms. The van der Waals surface area contributed by atoms with Gasteiger partial charge in [-0.25, -0.2) is 0 Å². The summed E-state index contributed by atoms with van der Waals surface area (Å²) in [6.07, 6.45) is 1.77. The molecule has 162 valence electrons. The molecule has 1 heterocycles. The van der Waals surface area contributed by atoms with E-state index in [9.17, 15) is 4.79 Å². The second-order valence-corrected chi connectivity index (χ2v) is 9.18. The van der Waals surface area contributed by atoms with Gasteiger partial charge in [0.2, 0.25) is 0 Å². The van der Waals surface area contributed by atoms with Crippen LogP contribution in [-0.4, -0.2) is 17.3 Å². The molecule has 1 saturated heterocycles. The number of thioether (sulfide) groups is 1. The minimum Gasteiger partial charge on any atom is -0.493 e. The van der Waals surface area contributed by atoms with Crippen LogP contribution < -0.4 is 14.4 Å². The Morgan fingerprint density at radius 1 is 1.09 bits per heavy atom. The Morgan fingerprint density at radius 2 is 1.81 bits per heavy atom. The second kappa shape index (κ2) is 9.77. The quantitative estimate of drug-likeness (QED) is 0.291. The summed E-state index contributed by atoms with van der Waals surface area (Å²) in [6.45, 7) is 2.41. The highest BCUT2D eigenvalue weighted by Gasteiger charge is 2.33. The Morgan fingerprint density at radius 3 is 2.53 bits per heavy atom. The molecule has 0 N–H and O–H groups in total. The van der Waals surface area contributed by atoms with Gasteiger partial charge in [0.15, 0.2) is 15.8 Å². The van der Waals surface area contributed by atoms with Crippen molar-refractivity contribution in [2.75, 3.05) is 12.0 Å². The Labute approximate surface area is 201 Å². The number of halogens is 1. The first-order chi connectivity index (χ1) is 15.5. The van der Waals surface area contributed by atoms with Crippen LogP contribution in [0.5, 0.6) is 11.5 Å². The Balaban J connectivity index is 1.59. The monoisotopic (exact) mass is 481 g/mol. The highest BCUT2D eigenvalue weighted by molar-refractivity contribution is 8.27. The first-order valence-electron chi connectivity index (χ1n) is 9.86. The van der Waals surface area contributed by atoms with Crippen LogP contribution in [0.15, 0.2) is 71.6 Å². The number of para-hydroxylation sites is 1. The SMILES string of the molecule is COc1cc(/C=C2/SC(=S)N(c3ccccc3)C2=O)cc(Cl)c1OCc1ccccc1C. The largest absolute Gasteiger partial charge is 0.493 e. The molecular formula is C25H20ClNO3S2. The number of methoxy groups -OCH3 is 1. The first kappa shape index (κ1) is 22.4. The summed E-state index contributed by atoms with van der Waals surface area (Å²) < 4.78 is 12.0. The van der Waals surface area contributed by atoms with E-state index in [-0.39, 0.29) is 5.91 Å². The van der Waals surface area contributed by atoms with Gasteiger partial charge >= 0.3 is 0 Å². The molecule has 1 aliphatic heterocycles.